The Balaban J connectivity index is 2.03. The summed E-state index contributed by atoms with van der Waals surface area (Å²) in [6.45, 7) is -0.285. The van der Waals surface area contributed by atoms with E-state index in [2.05, 4.69) is 5.32 Å². The molecule has 0 aliphatic carbocycles. The third kappa shape index (κ3) is 5.62. The van der Waals surface area contributed by atoms with Gasteiger partial charge in [0.25, 0.3) is 0 Å². The van der Waals surface area contributed by atoms with Crippen LogP contribution < -0.4 is 5.32 Å². The Morgan fingerprint density at radius 3 is 2.50 bits per heavy atom. The fourth-order valence-electron chi connectivity index (χ4n) is 2.19. The summed E-state index contributed by atoms with van der Waals surface area (Å²) in [5.41, 5.74) is 1.15. The van der Waals surface area contributed by atoms with Gasteiger partial charge in [0.2, 0.25) is 15.9 Å². The molecule has 0 saturated heterocycles. The average molecular weight is 433 g/mol. The first-order chi connectivity index (χ1) is 12.2. The molecule has 0 saturated carbocycles. The van der Waals surface area contributed by atoms with Crippen molar-refractivity contribution in [3.8, 4) is 0 Å². The van der Waals surface area contributed by atoms with Crippen molar-refractivity contribution in [1.82, 2.24) is 4.31 Å². The molecule has 0 aliphatic heterocycles. The molecule has 2 aromatic carbocycles. The Labute approximate surface area is 167 Å². The van der Waals surface area contributed by atoms with Crippen LogP contribution in [0, 0.1) is 0 Å². The lowest BCUT2D eigenvalue weighted by atomic mass is 10.2. The second-order valence-electron chi connectivity index (χ2n) is 5.51. The SMILES string of the molecule is CSc1ccccc1NC(=O)CN(C)S(=O)(=O)Cc1ccc(Cl)c(Cl)c1. The van der Waals surface area contributed by atoms with Crippen LogP contribution in [-0.2, 0) is 20.6 Å². The van der Waals surface area contributed by atoms with Gasteiger partial charge in [-0.3, -0.25) is 4.79 Å². The molecule has 0 aliphatic rings. The van der Waals surface area contributed by atoms with Gasteiger partial charge >= 0.3 is 0 Å². The predicted octanol–water partition coefficient (Wildman–Crippen LogP) is 4.12. The number of nitrogens with one attached hydrogen (secondary N) is 1. The van der Waals surface area contributed by atoms with Gasteiger partial charge in [0.05, 0.1) is 28.0 Å². The highest BCUT2D eigenvalue weighted by atomic mass is 35.5. The number of anilines is 1. The Hall–Kier alpha value is -1.25. The van der Waals surface area contributed by atoms with Crippen molar-refractivity contribution in [1.29, 1.82) is 0 Å². The van der Waals surface area contributed by atoms with Crippen LogP contribution in [0.3, 0.4) is 0 Å². The van der Waals surface area contributed by atoms with E-state index in [1.54, 1.807) is 24.3 Å². The van der Waals surface area contributed by atoms with Crippen LogP contribution in [0.1, 0.15) is 5.56 Å². The van der Waals surface area contributed by atoms with Crippen LogP contribution in [0.25, 0.3) is 0 Å². The van der Waals surface area contributed by atoms with Gasteiger partial charge in [-0.1, -0.05) is 41.4 Å². The Morgan fingerprint density at radius 2 is 1.85 bits per heavy atom. The van der Waals surface area contributed by atoms with Gasteiger partial charge in [-0.2, -0.15) is 4.31 Å². The number of halogens is 2. The number of nitrogens with zero attached hydrogens (tertiary/aromatic N) is 1. The minimum atomic E-state index is -3.68. The molecular formula is C17H18Cl2N2O3S2. The van der Waals surface area contributed by atoms with E-state index in [0.29, 0.717) is 16.3 Å². The second-order valence-corrected chi connectivity index (χ2v) is 9.25. The van der Waals surface area contributed by atoms with E-state index in [1.165, 1.54) is 24.9 Å². The highest BCUT2D eigenvalue weighted by Gasteiger charge is 2.22. The number of para-hydroxylation sites is 1. The number of rotatable bonds is 7. The highest BCUT2D eigenvalue weighted by Crippen LogP contribution is 2.25. The quantitative estimate of drug-likeness (QED) is 0.668. The van der Waals surface area contributed by atoms with Crippen molar-refractivity contribution >= 4 is 56.6 Å². The molecule has 0 bridgehead atoms. The fourth-order valence-corrected chi connectivity index (χ4v) is 4.20. The molecule has 140 valence electrons. The van der Waals surface area contributed by atoms with Crippen LogP contribution in [0.5, 0.6) is 0 Å². The summed E-state index contributed by atoms with van der Waals surface area (Å²) in [6.07, 6.45) is 1.90. The van der Waals surface area contributed by atoms with Gasteiger partial charge in [0.1, 0.15) is 0 Å². The molecule has 2 rings (SSSR count). The van der Waals surface area contributed by atoms with E-state index in [4.69, 9.17) is 23.2 Å². The van der Waals surface area contributed by atoms with Gasteiger partial charge < -0.3 is 5.32 Å². The van der Waals surface area contributed by atoms with Gasteiger partial charge in [0.15, 0.2) is 0 Å². The van der Waals surface area contributed by atoms with Crippen molar-refractivity contribution in [3.63, 3.8) is 0 Å². The lowest BCUT2D eigenvalue weighted by molar-refractivity contribution is -0.116. The van der Waals surface area contributed by atoms with Gasteiger partial charge in [-0.15, -0.1) is 11.8 Å². The van der Waals surface area contributed by atoms with E-state index in [9.17, 15) is 13.2 Å². The normalized spacial score (nSPS) is 11.6. The standard InChI is InChI=1S/C17H18Cl2N2O3S2/c1-21(10-17(22)20-15-5-3-4-6-16(15)25-2)26(23,24)11-12-7-8-13(18)14(19)9-12/h3-9H,10-11H2,1-2H3,(H,20,22). The first-order valence-corrected chi connectivity index (χ1v) is 11.1. The number of amides is 1. The number of thioether (sulfide) groups is 1. The number of sulfonamides is 1. The van der Waals surface area contributed by atoms with E-state index in [1.807, 2.05) is 18.4 Å². The van der Waals surface area contributed by atoms with E-state index in [-0.39, 0.29) is 17.3 Å². The number of likely N-dealkylation sites (N-methyl/N-ethyl adjacent to an activating group) is 1. The zero-order valence-corrected chi connectivity index (χ0v) is 17.3. The molecule has 1 N–H and O–H groups in total. The van der Waals surface area contributed by atoms with Crippen LogP contribution >= 0.6 is 35.0 Å². The lowest BCUT2D eigenvalue weighted by Crippen LogP contribution is -2.35. The predicted molar refractivity (Wildman–Crippen MR) is 109 cm³/mol. The van der Waals surface area contributed by atoms with Gasteiger partial charge in [-0.25, -0.2) is 8.42 Å². The van der Waals surface area contributed by atoms with Gasteiger partial charge in [-0.05, 0) is 36.1 Å². The van der Waals surface area contributed by atoms with Crippen LogP contribution in [0.4, 0.5) is 5.69 Å². The molecule has 0 aromatic heterocycles. The zero-order valence-electron chi connectivity index (χ0n) is 14.2. The topological polar surface area (TPSA) is 66.5 Å². The Kier molecular flexibility index (Phi) is 7.37. The summed E-state index contributed by atoms with van der Waals surface area (Å²) in [6, 6.07) is 12.0. The van der Waals surface area contributed by atoms with Crippen LogP contribution in [0.2, 0.25) is 10.0 Å². The summed E-state index contributed by atoms with van der Waals surface area (Å²) in [5, 5.41) is 3.38. The molecule has 1 amide bonds. The monoisotopic (exact) mass is 432 g/mol. The van der Waals surface area contributed by atoms with Crippen molar-refractivity contribution in [2.24, 2.45) is 0 Å². The number of carbonyl (C=O) groups excluding carboxylic acids is 1. The van der Waals surface area contributed by atoms with E-state index >= 15 is 0 Å². The van der Waals surface area contributed by atoms with E-state index in [0.717, 1.165) is 9.20 Å². The summed E-state index contributed by atoms with van der Waals surface area (Å²) in [4.78, 5) is 13.1. The first-order valence-electron chi connectivity index (χ1n) is 7.53. The maximum atomic E-state index is 12.5. The van der Waals surface area contributed by atoms with Crippen LogP contribution in [0.15, 0.2) is 47.4 Å². The maximum Gasteiger partial charge on any atom is 0.239 e. The number of benzene rings is 2. The minimum Gasteiger partial charge on any atom is -0.324 e. The minimum absolute atomic E-state index is 0.269. The molecule has 0 spiro atoms. The molecule has 9 heteroatoms. The Bertz CT molecular complexity index is 905. The van der Waals surface area contributed by atoms with Crippen molar-refractivity contribution < 1.29 is 13.2 Å². The average Bonchev–Trinajstić information content (AvgIpc) is 2.58. The number of hydrogen-bond acceptors (Lipinski definition) is 4. The number of hydrogen-bond donors (Lipinski definition) is 1. The highest BCUT2D eigenvalue weighted by molar-refractivity contribution is 7.98. The maximum absolute atomic E-state index is 12.5. The summed E-state index contributed by atoms with van der Waals surface area (Å²) < 4.78 is 26.0. The van der Waals surface area contributed by atoms with E-state index < -0.39 is 15.9 Å². The third-order valence-electron chi connectivity index (χ3n) is 3.56. The molecule has 0 atom stereocenters. The molecule has 0 heterocycles. The largest absolute Gasteiger partial charge is 0.324 e. The zero-order chi connectivity index (χ0) is 19.3. The van der Waals surface area contributed by atoms with Crippen molar-refractivity contribution in [3.05, 3.63) is 58.1 Å². The molecular weight excluding hydrogens is 415 g/mol. The summed E-state index contributed by atoms with van der Waals surface area (Å²) in [7, 11) is -2.31. The van der Waals surface area contributed by atoms with Crippen molar-refractivity contribution in [2.75, 3.05) is 25.2 Å². The third-order valence-corrected chi connectivity index (χ3v) is 6.87. The lowest BCUT2D eigenvalue weighted by Gasteiger charge is -2.17. The van der Waals surface area contributed by atoms with Crippen LogP contribution in [-0.4, -0.2) is 38.5 Å². The van der Waals surface area contributed by atoms with Crippen molar-refractivity contribution in [2.45, 2.75) is 10.6 Å². The molecule has 26 heavy (non-hydrogen) atoms. The molecule has 5 nitrogen and oxygen atoms in total. The smallest absolute Gasteiger partial charge is 0.239 e. The number of carbonyl (C=O) groups is 1. The van der Waals surface area contributed by atoms with Gasteiger partial charge in [0, 0.05) is 11.9 Å². The molecule has 0 fully saturated rings. The summed E-state index contributed by atoms with van der Waals surface area (Å²) >= 11 is 13.3. The molecule has 2 aromatic rings. The molecule has 0 radical (unpaired) electrons. The Morgan fingerprint density at radius 1 is 1.15 bits per heavy atom. The fraction of sp³-hybridized carbons (Fsp3) is 0.235. The summed E-state index contributed by atoms with van der Waals surface area (Å²) in [5.74, 6) is -0.679. The first kappa shape index (κ1) is 21.1. The molecule has 0 unspecified atom stereocenters. The second kappa shape index (κ2) is 9.10.